The quantitative estimate of drug-likeness (QED) is 0.260. The third-order valence-corrected chi connectivity index (χ3v) is 8.97. The molecule has 4 nitrogen and oxygen atoms in total. The molecule has 4 heterocycles. The number of thioether (sulfide) groups is 2. The molecule has 1 saturated heterocycles. The average Bonchev–Trinajstić information content (AvgIpc) is 3.56. The smallest absolute Gasteiger partial charge is 0.449 e. The van der Waals surface area contributed by atoms with Crippen molar-refractivity contribution in [2.24, 2.45) is 0 Å². The Labute approximate surface area is 212 Å². The highest BCUT2D eigenvalue weighted by atomic mass is 32.2. The van der Waals surface area contributed by atoms with Crippen molar-refractivity contribution in [3.05, 3.63) is 91.5 Å². The molecular weight excluding hydrogens is 518 g/mol. The van der Waals surface area contributed by atoms with Crippen molar-refractivity contribution in [2.45, 2.75) is 24.5 Å². The molecule has 11 heteroatoms. The van der Waals surface area contributed by atoms with Crippen molar-refractivity contribution in [3.8, 4) is 0 Å². The Hall–Kier alpha value is -2.63. The number of alkyl halides is 3. The molecule has 0 saturated carbocycles. The lowest BCUT2D eigenvalue weighted by molar-refractivity contribution is -0.686. The summed E-state index contributed by atoms with van der Waals surface area (Å²) in [5, 5.41) is 4.70. The van der Waals surface area contributed by atoms with Crippen molar-refractivity contribution in [1.82, 2.24) is 4.90 Å². The second-order valence-electron chi connectivity index (χ2n) is 7.82. The maximum absolute atomic E-state index is 13.8. The van der Waals surface area contributed by atoms with Gasteiger partial charge < -0.3 is 14.2 Å². The van der Waals surface area contributed by atoms with E-state index in [0.29, 0.717) is 6.54 Å². The summed E-state index contributed by atoms with van der Waals surface area (Å²) >= 11 is 4.58. The molecule has 3 aromatic rings. The summed E-state index contributed by atoms with van der Waals surface area (Å²) in [6.45, 7) is 7.23. The van der Waals surface area contributed by atoms with Crippen LogP contribution in [0.1, 0.15) is 23.5 Å². The van der Waals surface area contributed by atoms with Crippen LogP contribution in [0.15, 0.2) is 78.5 Å². The van der Waals surface area contributed by atoms with Crippen LogP contribution in [-0.4, -0.2) is 18.5 Å². The van der Waals surface area contributed by atoms with Crippen LogP contribution in [0.25, 0.3) is 6.08 Å². The highest BCUT2D eigenvalue weighted by molar-refractivity contribution is 8.09. The van der Waals surface area contributed by atoms with Crippen LogP contribution < -0.4 is 9.47 Å². The van der Waals surface area contributed by atoms with Gasteiger partial charge >= 0.3 is 6.18 Å². The topological polar surface area (TPSA) is 23.5 Å². The molecule has 0 radical (unpaired) electrons. The molecule has 2 aliphatic rings. The van der Waals surface area contributed by atoms with Crippen LogP contribution in [0.3, 0.4) is 0 Å². The first-order chi connectivity index (χ1) is 16.7. The van der Waals surface area contributed by atoms with Gasteiger partial charge in [-0.2, -0.15) is 17.7 Å². The van der Waals surface area contributed by atoms with Gasteiger partial charge in [0.2, 0.25) is 12.3 Å². The third-order valence-electron chi connectivity index (χ3n) is 5.59. The number of thiazole rings is 1. The maximum Gasteiger partial charge on any atom is 0.449 e. The molecule has 5 rings (SSSR count). The van der Waals surface area contributed by atoms with Crippen molar-refractivity contribution >= 4 is 46.6 Å². The van der Waals surface area contributed by atoms with Crippen LogP contribution in [0.4, 0.5) is 23.2 Å². The van der Waals surface area contributed by atoms with Gasteiger partial charge in [-0.3, -0.25) is 0 Å². The summed E-state index contributed by atoms with van der Waals surface area (Å²) in [6, 6.07) is 7.07. The van der Waals surface area contributed by atoms with E-state index in [9.17, 15) is 17.6 Å². The second-order valence-corrected chi connectivity index (χ2v) is 10.8. The van der Waals surface area contributed by atoms with E-state index in [0.717, 1.165) is 42.3 Å². The normalized spacial score (nSPS) is 19.4. The van der Waals surface area contributed by atoms with Gasteiger partial charge in [-0.05, 0) is 37.3 Å². The molecule has 0 unspecified atom stereocenters. The number of likely N-dealkylation sites (N-methyl/N-ethyl adjacent to an activating group) is 1. The van der Waals surface area contributed by atoms with Crippen molar-refractivity contribution in [3.63, 3.8) is 0 Å². The summed E-state index contributed by atoms with van der Waals surface area (Å²) in [6.07, 6.45) is -0.675. The highest BCUT2D eigenvalue weighted by Crippen LogP contribution is 2.54. The lowest BCUT2D eigenvalue weighted by Crippen LogP contribution is -2.34. The van der Waals surface area contributed by atoms with Crippen LogP contribution >= 0.6 is 34.9 Å². The summed E-state index contributed by atoms with van der Waals surface area (Å²) < 4.78 is 59.3. The fraction of sp³-hybridized carbons (Fsp3) is 0.208. The summed E-state index contributed by atoms with van der Waals surface area (Å²) in [4.78, 5) is 6.00. The van der Waals surface area contributed by atoms with Gasteiger partial charge in [0.1, 0.15) is 5.82 Å². The van der Waals surface area contributed by atoms with E-state index >= 15 is 0 Å². The standard InChI is InChI=1S/C24H20F4N3OS3/c1-4-31-14(2)22(23-29(3)17-7-5-15(25)11-18(17)34-23)35-21(31)12-20-30(9-10-33-20)13-16-6-8-19(32-16)24(26,27)28/h5-12H,2,4,13H2,1,3H3/q+1/b23-22+. The van der Waals surface area contributed by atoms with E-state index in [1.807, 2.05) is 41.1 Å². The van der Waals surface area contributed by atoms with Gasteiger partial charge in [-0.1, -0.05) is 41.4 Å². The Kier molecular flexibility index (Phi) is 6.27. The monoisotopic (exact) mass is 538 g/mol. The van der Waals surface area contributed by atoms with Crippen molar-refractivity contribution < 1.29 is 26.5 Å². The second kappa shape index (κ2) is 9.11. The Balaban J connectivity index is 1.44. The maximum atomic E-state index is 13.8. The van der Waals surface area contributed by atoms with Gasteiger partial charge in [0.15, 0.2) is 12.0 Å². The average molecular weight is 539 g/mol. The molecule has 2 aliphatic heterocycles. The molecule has 0 aliphatic carbocycles. The number of furan rings is 1. The molecule has 1 aromatic carbocycles. The number of hydrogen-bond acceptors (Lipinski definition) is 6. The number of benzene rings is 1. The molecule has 0 atom stereocenters. The van der Waals surface area contributed by atoms with Crippen LogP contribution in [0, 0.1) is 5.82 Å². The minimum absolute atomic E-state index is 0.184. The third kappa shape index (κ3) is 4.52. The SMILES string of the molecule is C=C1/C(=C2\Sc3cc(F)ccc3N2C)S/C(=C\c2scc[n+]2Cc2ccc(C(F)(F)F)o2)N1CC. The number of nitrogens with zero attached hydrogens (tertiary/aromatic N) is 3. The molecule has 182 valence electrons. The molecule has 1 fully saturated rings. The van der Waals surface area contributed by atoms with Gasteiger partial charge in [0.25, 0.3) is 5.01 Å². The Bertz CT molecular complexity index is 1370. The predicted octanol–water partition coefficient (Wildman–Crippen LogP) is 7.13. The van der Waals surface area contributed by atoms with E-state index in [-0.39, 0.29) is 18.1 Å². The molecule has 2 aromatic heterocycles. The lowest BCUT2D eigenvalue weighted by atomic mass is 10.3. The number of anilines is 1. The van der Waals surface area contributed by atoms with E-state index in [2.05, 4.69) is 11.5 Å². The number of aromatic nitrogens is 1. The zero-order valence-electron chi connectivity index (χ0n) is 18.7. The van der Waals surface area contributed by atoms with E-state index < -0.39 is 11.9 Å². The minimum Gasteiger partial charge on any atom is -0.450 e. The number of hydrogen-bond donors (Lipinski definition) is 0. The number of halogens is 4. The summed E-state index contributed by atoms with van der Waals surface area (Å²) in [5.41, 5.74) is 1.80. The first-order valence-electron chi connectivity index (χ1n) is 10.6. The molecule has 35 heavy (non-hydrogen) atoms. The largest absolute Gasteiger partial charge is 0.450 e. The van der Waals surface area contributed by atoms with Gasteiger partial charge in [0.05, 0.1) is 37.8 Å². The molecule has 0 spiro atoms. The Morgan fingerprint density at radius 1 is 1.17 bits per heavy atom. The van der Waals surface area contributed by atoms with Crippen molar-refractivity contribution in [1.29, 1.82) is 0 Å². The van der Waals surface area contributed by atoms with Crippen LogP contribution in [0.2, 0.25) is 0 Å². The van der Waals surface area contributed by atoms with E-state index in [1.165, 1.54) is 41.3 Å². The van der Waals surface area contributed by atoms with Crippen LogP contribution in [0.5, 0.6) is 0 Å². The van der Waals surface area contributed by atoms with Crippen molar-refractivity contribution in [2.75, 3.05) is 18.5 Å². The fourth-order valence-corrected chi connectivity index (χ4v) is 7.30. The highest BCUT2D eigenvalue weighted by Gasteiger charge is 2.36. The zero-order chi connectivity index (χ0) is 24.9. The number of rotatable bonds is 4. The van der Waals surface area contributed by atoms with Gasteiger partial charge in [-0.25, -0.2) is 4.39 Å². The Morgan fingerprint density at radius 2 is 1.97 bits per heavy atom. The molecule has 0 bridgehead atoms. The Morgan fingerprint density at radius 3 is 2.69 bits per heavy atom. The zero-order valence-corrected chi connectivity index (χ0v) is 21.2. The first kappa shape index (κ1) is 24.1. The van der Waals surface area contributed by atoms with E-state index in [4.69, 9.17) is 4.42 Å². The van der Waals surface area contributed by atoms with E-state index in [1.54, 1.807) is 17.8 Å². The van der Waals surface area contributed by atoms with Gasteiger partial charge in [-0.15, -0.1) is 0 Å². The van der Waals surface area contributed by atoms with Crippen LogP contribution in [-0.2, 0) is 12.7 Å². The molecule has 0 N–H and O–H groups in total. The lowest BCUT2D eigenvalue weighted by Gasteiger charge is -2.18. The minimum atomic E-state index is -4.51. The molecule has 0 amide bonds. The number of fused-ring (bicyclic) bond motifs is 1. The predicted molar refractivity (Wildman–Crippen MR) is 132 cm³/mol. The fourth-order valence-electron chi connectivity index (χ4n) is 3.87. The molecular formula is C24H20F4N3OS3+. The van der Waals surface area contributed by atoms with Gasteiger partial charge in [0, 0.05) is 18.5 Å². The summed E-state index contributed by atoms with van der Waals surface area (Å²) in [7, 11) is 1.96. The first-order valence-corrected chi connectivity index (χ1v) is 13.1. The summed E-state index contributed by atoms with van der Waals surface area (Å²) in [5.74, 6) is -1.04.